The van der Waals surface area contributed by atoms with E-state index in [0.29, 0.717) is 5.41 Å². The van der Waals surface area contributed by atoms with Gasteiger partial charge in [-0.1, -0.05) is 54.9 Å². The summed E-state index contributed by atoms with van der Waals surface area (Å²) in [5.41, 5.74) is 3.66. The maximum Gasteiger partial charge on any atom is 0.103 e. The van der Waals surface area contributed by atoms with Crippen molar-refractivity contribution < 1.29 is 0 Å². The fourth-order valence-corrected chi connectivity index (χ4v) is 4.88. The third-order valence-corrected chi connectivity index (χ3v) is 7.73. The summed E-state index contributed by atoms with van der Waals surface area (Å²) in [7, 11) is 0. The van der Waals surface area contributed by atoms with Crippen molar-refractivity contribution in [3.8, 4) is 0 Å². The predicted octanol–water partition coefficient (Wildman–Crippen LogP) is 7.14. The molecule has 0 aliphatic carbocycles. The van der Waals surface area contributed by atoms with Crippen molar-refractivity contribution in [2.75, 3.05) is 19.6 Å². The number of hydrogen-bond acceptors (Lipinski definition) is 2. The summed E-state index contributed by atoms with van der Waals surface area (Å²) in [5, 5.41) is 3.77. The van der Waals surface area contributed by atoms with Gasteiger partial charge in [0.15, 0.2) is 0 Å². The zero-order valence-electron chi connectivity index (χ0n) is 19.1. The zero-order chi connectivity index (χ0) is 20.2. The minimum Gasteiger partial charge on any atom is -0.335 e. The minimum atomic E-state index is 0.283. The van der Waals surface area contributed by atoms with Crippen LogP contribution in [0.25, 0.3) is 10.2 Å². The number of piperidine rings is 1. The van der Waals surface area contributed by atoms with Gasteiger partial charge in [-0.3, -0.25) is 0 Å². The number of hydrogen-bond donors (Lipinski definition) is 0. The Hall–Kier alpha value is -0.800. The van der Waals surface area contributed by atoms with Crippen LogP contribution in [0.3, 0.4) is 0 Å². The Morgan fingerprint density at radius 3 is 2.19 bits per heavy atom. The van der Waals surface area contributed by atoms with Crippen molar-refractivity contribution >= 4 is 21.6 Å². The van der Waals surface area contributed by atoms with E-state index in [2.05, 4.69) is 62.5 Å². The van der Waals surface area contributed by atoms with Crippen LogP contribution in [0.15, 0.2) is 11.4 Å². The lowest BCUT2D eigenvalue weighted by molar-refractivity contribution is 0.132. The third-order valence-electron chi connectivity index (χ3n) is 6.79. The molecular formula is C24H42N2S. The van der Waals surface area contributed by atoms with Crippen LogP contribution >= 0.6 is 11.3 Å². The van der Waals surface area contributed by atoms with Crippen molar-refractivity contribution in [3.05, 3.63) is 22.7 Å². The molecule has 2 nitrogen and oxygen atoms in total. The van der Waals surface area contributed by atoms with Crippen LogP contribution in [0.1, 0.15) is 79.0 Å². The Kier molecular flexibility index (Phi) is 7.61. The van der Waals surface area contributed by atoms with Crippen LogP contribution in [0.2, 0.25) is 0 Å². The molecule has 0 bridgehead atoms. The van der Waals surface area contributed by atoms with E-state index < -0.39 is 0 Å². The van der Waals surface area contributed by atoms with Gasteiger partial charge in [-0.05, 0) is 67.1 Å². The van der Waals surface area contributed by atoms with Gasteiger partial charge in [0.2, 0.25) is 0 Å². The van der Waals surface area contributed by atoms with Crippen molar-refractivity contribution in [2.24, 2.45) is 10.8 Å². The molecule has 27 heavy (non-hydrogen) atoms. The molecule has 1 saturated heterocycles. The minimum absolute atomic E-state index is 0.283. The molecule has 154 valence electrons. The van der Waals surface area contributed by atoms with E-state index in [1.54, 1.807) is 5.56 Å². The number of nitrogens with zero attached hydrogens (tertiary/aromatic N) is 2. The molecule has 0 radical (unpaired) electrons. The van der Waals surface area contributed by atoms with E-state index in [4.69, 9.17) is 0 Å². The molecule has 1 aliphatic rings. The maximum absolute atomic E-state index is 2.65. The molecule has 0 N–H and O–H groups in total. The lowest BCUT2D eigenvalue weighted by Gasteiger charge is -2.39. The molecule has 0 unspecified atom stereocenters. The number of aromatic nitrogens is 1. The predicted molar refractivity (Wildman–Crippen MR) is 123 cm³/mol. The van der Waals surface area contributed by atoms with Gasteiger partial charge in [0.05, 0.1) is 0 Å². The summed E-state index contributed by atoms with van der Waals surface area (Å²) in [5.74, 6) is 0. The van der Waals surface area contributed by atoms with Crippen molar-refractivity contribution in [3.63, 3.8) is 0 Å². The molecule has 0 aromatic carbocycles. The first kappa shape index (κ1) is 22.5. The molecular weight excluding hydrogens is 348 g/mol. The Morgan fingerprint density at radius 1 is 0.963 bits per heavy atom. The highest BCUT2D eigenvalue weighted by Gasteiger charge is 2.34. The average Bonchev–Trinajstić information content (AvgIpc) is 3.18. The summed E-state index contributed by atoms with van der Waals surface area (Å²) in [4.78, 5) is 4.13. The number of rotatable bonds is 5. The Bertz CT molecular complexity index is 709. The summed E-state index contributed by atoms with van der Waals surface area (Å²) >= 11 is 1.91. The second kappa shape index (κ2) is 9.13. The van der Waals surface area contributed by atoms with Gasteiger partial charge in [-0.25, -0.2) is 0 Å². The van der Waals surface area contributed by atoms with Gasteiger partial charge < -0.3 is 9.47 Å². The monoisotopic (exact) mass is 390 g/mol. The quantitative estimate of drug-likeness (QED) is 0.527. The highest BCUT2D eigenvalue weighted by atomic mass is 32.1. The number of fused-ring (bicyclic) bond motifs is 1. The summed E-state index contributed by atoms with van der Waals surface area (Å²) < 4.78 is 2.60. The van der Waals surface area contributed by atoms with Gasteiger partial charge in [0.1, 0.15) is 4.83 Å². The molecule has 0 saturated carbocycles. The van der Waals surface area contributed by atoms with Crippen LogP contribution in [-0.4, -0.2) is 29.1 Å². The third kappa shape index (κ3) is 4.98. The molecule has 3 heteroatoms. The van der Waals surface area contributed by atoms with Gasteiger partial charge in [0, 0.05) is 24.2 Å². The molecule has 1 aliphatic heterocycles. The largest absolute Gasteiger partial charge is 0.335 e. The first-order valence-electron chi connectivity index (χ1n) is 11.0. The Morgan fingerprint density at radius 2 is 1.59 bits per heavy atom. The molecule has 2 aromatic rings. The molecule has 2 aromatic heterocycles. The van der Waals surface area contributed by atoms with Crippen molar-refractivity contribution in [1.82, 2.24) is 9.47 Å². The Balaban J connectivity index is 0.00000126. The second-order valence-electron chi connectivity index (χ2n) is 9.57. The van der Waals surface area contributed by atoms with Gasteiger partial charge in [0.25, 0.3) is 0 Å². The number of thiophene rings is 1. The molecule has 0 spiro atoms. The molecule has 0 amide bonds. The fourth-order valence-electron chi connectivity index (χ4n) is 3.87. The van der Waals surface area contributed by atoms with Crippen LogP contribution in [0.5, 0.6) is 0 Å². The van der Waals surface area contributed by atoms with Crippen LogP contribution < -0.4 is 0 Å². The lowest BCUT2D eigenvalue weighted by atomic mass is 9.66. The van der Waals surface area contributed by atoms with E-state index in [-0.39, 0.29) is 5.41 Å². The normalized spacial score (nSPS) is 16.4. The molecule has 1 fully saturated rings. The first-order chi connectivity index (χ1) is 12.7. The van der Waals surface area contributed by atoms with Gasteiger partial charge in [-0.2, -0.15) is 0 Å². The highest BCUT2D eigenvalue weighted by Crippen LogP contribution is 2.43. The van der Waals surface area contributed by atoms with E-state index in [1.807, 2.05) is 25.2 Å². The molecule has 3 rings (SSSR count). The summed E-state index contributed by atoms with van der Waals surface area (Å²) in [6.45, 7) is 23.2. The maximum atomic E-state index is 2.65. The van der Waals surface area contributed by atoms with E-state index >= 15 is 0 Å². The van der Waals surface area contributed by atoms with E-state index in [0.717, 1.165) is 13.0 Å². The average molecular weight is 391 g/mol. The van der Waals surface area contributed by atoms with Crippen molar-refractivity contribution in [1.29, 1.82) is 0 Å². The highest BCUT2D eigenvalue weighted by molar-refractivity contribution is 7.16. The smallest absolute Gasteiger partial charge is 0.103 e. The van der Waals surface area contributed by atoms with E-state index in [1.165, 1.54) is 54.8 Å². The summed E-state index contributed by atoms with van der Waals surface area (Å²) in [6, 6.07) is 2.35. The van der Waals surface area contributed by atoms with E-state index in [9.17, 15) is 0 Å². The topological polar surface area (TPSA) is 8.17 Å². The van der Waals surface area contributed by atoms with Crippen LogP contribution in [0, 0.1) is 17.8 Å². The SMILES string of the molecule is CC.Cc1c(CC(C)(C)C(C)(C)C)c2ccsc2n1CCN1CCCCC1. The van der Waals surface area contributed by atoms with Crippen LogP contribution in [0.4, 0.5) is 0 Å². The standard InChI is InChI=1S/C22H36N2S.C2H6/c1-17-19(16-22(5,6)21(2,3)4)18-10-15-25-20(18)24(17)14-13-23-11-8-7-9-12-23;1-2/h10,15H,7-9,11-14,16H2,1-6H3;1-2H3. The fraction of sp³-hybridized carbons (Fsp3) is 0.750. The van der Waals surface area contributed by atoms with Crippen molar-refractivity contribution in [2.45, 2.75) is 87.6 Å². The molecule has 0 atom stereocenters. The van der Waals surface area contributed by atoms with Crippen LogP contribution in [-0.2, 0) is 13.0 Å². The molecule has 3 heterocycles. The number of likely N-dealkylation sites (tertiary alicyclic amines) is 1. The van der Waals surface area contributed by atoms with Gasteiger partial charge in [-0.15, -0.1) is 11.3 Å². The second-order valence-corrected chi connectivity index (χ2v) is 10.5. The summed E-state index contributed by atoms with van der Waals surface area (Å²) in [6.07, 6.45) is 5.33. The lowest BCUT2D eigenvalue weighted by Crippen LogP contribution is -2.33. The first-order valence-corrected chi connectivity index (χ1v) is 11.9. The van der Waals surface area contributed by atoms with Gasteiger partial charge >= 0.3 is 0 Å². The Labute approximate surface area is 172 Å². The zero-order valence-corrected chi connectivity index (χ0v) is 19.9.